The maximum atomic E-state index is 13.9. The number of benzene rings is 1. The van der Waals surface area contributed by atoms with Gasteiger partial charge in [-0.15, -0.1) is 10.5 Å². The first-order valence-corrected chi connectivity index (χ1v) is 8.10. The molecule has 1 unspecified atom stereocenters. The van der Waals surface area contributed by atoms with Gasteiger partial charge in [0.15, 0.2) is 0 Å². The Morgan fingerprint density at radius 3 is 2.87 bits per heavy atom. The van der Waals surface area contributed by atoms with Crippen LogP contribution in [0.15, 0.2) is 34.6 Å². The smallest absolute Gasteiger partial charge is 0.326 e. The van der Waals surface area contributed by atoms with E-state index in [9.17, 15) is 14.0 Å². The van der Waals surface area contributed by atoms with Gasteiger partial charge in [0.1, 0.15) is 12.4 Å². The number of imide groups is 1. The van der Waals surface area contributed by atoms with Crippen molar-refractivity contribution in [2.24, 2.45) is 5.73 Å². The van der Waals surface area contributed by atoms with Crippen LogP contribution in [0.1, 0.15) is 5.56 Å². The third-order valence-corrected chi connectivity index (χ3v) is 5.62. The summed E-state index contributed by atoms with van der Waals surface area (Å²) >= 11 is 5.77. The largest absolute Gasteiger partial charge is 0.373 e. The van der Waals surface area contributed by atoms with Crippen LogP contribution in [0.25, 0.3) is 0 Å². The number of hydrogen-bond donors (Lipinski definition) is 1. The third kappa shape index (κ3) is 2.50. The lowest BCUT2D eigenvalue weighted by Gasteiger charge is -2.12. The van der Waals surface area contributed by atoms with Gasteiger partial charge in [-0.05, 0) is 23.6 Å². The fourth-order valence-corrected chi connectivity index (χ4v) is 4.45. The number of halogens is 2. The molecule has 0 bridgehead atoms. The van der Waals surface area contributed by atoms with Gasteiger partial charge in [0.05, 0.1) is 15.6 Å². The zero-order chi connectivity index (χ0) is 16.7. The molecule has 3 rings (SSSR count). The Kier molecular flexibility index (Phi) is 4.09. The number of carbonyl (C=O) groups is 2. The van der Waals surface area contributed by atoms with Crippen molar-refractivity contribution in [1.82, 2.24) is 0 Å². The number of carbonyl (C=O) groups excluding carboxylic acids is 2. The molecule has 3 amide bonds. The van der Waals surface area contributed by atoms with Crippen LogP contribution in [0, 0.1) is 12.4 Å². The molecule has 0 saturated heterocycles. The average Bonchev–Trinajstić information content (AvgIpc) is 3.02. The molecule has 119 valence electrons. The molecule has 5 nitrogen and oxygen atoms in total. The van der Waals surface area contributed by atoms with Crippen molar-refractivity contribution in [2.75, 3.05) is 12.0 Å². The Balaban J connectivity index is 2.27. The number of methoxy groups -OCH3 is 1. The SMILES string of the molecule is CO[CH]C1=CC=CS1=C1C(=O)N(C(N)=O)c2cc(Cl)c(F)cc21. The van der Waals surface area contributed by atoms with Gasteiger partial charge in [-0.1, -0.05) is 17.7 Å². The molecule has 0 saturated carbocycles. The van der Waals surface area contributed by atoms with Crippen molar-refractivity contribution in [3.8, 4) is 0 Å². The summed E-state index contributed by atoms with van der Waals surface area (Å²) in [4.78, 5) is 26.2. The molecule has 0 spiro atoms. The molecule has 0 fully saturated rings. The van der Waals surface area contributed by atoms with Gasteiger partial charge in [0.25, 0.3) is 5.91 Å². The Bertz CT molecular complexity index is 832. The normalized spacial score (nSPS) is 20.9. The highest BCUT2D eigenvalue weighted by Gasteiger charge is 2.39. The van der Waals surface area contributed by atoms with E-state index >= 15 is 0 Å². The van der Waals surface area contributed by atoms with E-state index in [1.54, 1.807) is 17.6 Å². The minimum Gasteiger partial charge on any atom is -0.373 e. The second-order valence-electron chi connectivity index (χ2n) is 4.68. The number of amides is 3. The summed E-state index contributed by atoms with van der Waals surface area (Å²) in [6, 6.07) is 1.44. The number of nitrogens with zero attached hydrogens (tertiary/aromatic N) is 1. The van der Waals surface area contributed by atoms with Crippen LogP contribution in [-0.2, 0) is 9.53 Å². The van der Waals surface area contributed by atoms with Gasteiger partial charge in [-0.2, -0.15) is 0 Å². The highest BCUT2D eigenvalue weighted by Crippen LogP contribution is 2.43. The summed E-state index contributed by atoms with van der Waals surface area (Å²) < 4.78 is 18.9. The monoisotopic (exact) mass is 353 g/mol. The van der Waals surface area contributed by atoms with E-state index in [-0.39, 0.29) is 15.6 Å². The highest BCUT2D eigenvalue weighted by molar-refractivity contribution is 8.23. The molecule has 1 aromatic rings. The molecular formula is C15H11ClFN2O3S. The van der Waals surface area contributed by atoms with Crippen molar-refractivity contribution >= 4 is 44.6 Å². The number of nitrogens with two attached hydrogens (primary N) is 1. The van der Waals surface area contributed by atoms with E-state index < -0.39 is 28.2 Å². The Labute approximate surface area is 139 Å². The van der Waals surface area contributed by atoms with E-state index in [2.05, 4.69) is 0 Å². The molecule has 2 N–H and O–H groups in total. The first-order valence-electron chi connectivity index (χ1n) is 6.43. The summed E-state index contributed by atoms with van der Waals surface area (Å²) in [6.45, 7) is 1.50. The number of urea groups is 1. The Hall–Kier alpha value is -1.96. The molecular weight excluding hydrogens is 343 g/mol. The lowest BCUT2D eigenvalue weighted by atomic mass is 10.1. The van der Waals surface area contributed by atoms with Crippen molar-refractivity contribution < 1.29 is 18.7 Å². The molecule has 1 atom stereocenters. The number of rotatable bonds is 2. The Morgan fingerprint density at radius 2 is 2.22 bits per heavy atom. The minimum atomic E-state index is -0.943. The fraction of sp³-hybridized carbons (Fsp3) is 0.0667. The number of ether oxygens (including phenoxy) is 1. The van der Waals surface area contributed by atoms with Gasteiger partial charge >= 0.3 is 6.03 Å². The molecule has 1 aromatic carbocycles. The van der Waals surface area contributed by atoms with E-state index in [0.717, 1.165) is 15.9 Å². The second kappa shape index (κ2) is 5.92. The zero-order valence-electron chi connectivity index (χ0n) is 11.9. The summed E-state index contributed by atoms with van der Waals surface area (Å²) in [5.74, 6) is -1.26. The summed E-state index contributed by atoms with van der Waals surface area (Å²) in [5, 5.41) is 1.60. The second-order valence-corrected chi connectivity index (χ2v) is 6.91. The van der Waals surface area contributed by atoms with Gasteiger partial charge in [0, 0.05) is 17.6 Å². The van der Waals surface area contributed by atoms with Crippen LogP contribution < -0.4 is 10.6 Å². The summed E-state index contributed by atoms with van der Waals surface area (Å²) in [6.07, 6.45) is 3.55. The van der Waals surface area contributed by atoms with E-state index in [1.807, 2.05) is 0 Å². The standard InChI is InChI=1S/C15H11ClFN2O3S/c1-22-7-8-3-2-4-23(8)13-9-5-11(17)10(16)6-12(9)19(14(13)20)15(18)21/h2-7H,1H3,(H2,18,21). The molecule has 2 heterocycles. The number of fused-ring (bicyclic) bond motifs is 1. The van der Waals surface area contributed by atoms with Crippen LogP contribution in [0.2, 0.25) is 5.02 Å². The molecule has 1 radical (unpaired) electrons. The van der Waals surface area contributed by atoms with Gasteiger partial charge < -0.3 is 10.5 Å². The maximum Gasteiger partial charge on any atom is 0.326 e. The molecule has 23 heavy (non-hydrogen) atoms. The zero-order valence-corrected chi connectivity index (χ0v) is 13.5. The first kappa shape index (κ1) is 15.9. The lowest BCUT2D eigenvalue weighted by molar-refractivity contribution is -0.111. The van der Waals surface area contributed by atoms with Crippen molar-refractivity contribution in [2.45, 2.75) is 0 Å². The summed E-state index contributed by atoms with van der Waals surface area (Å²) in [5.41, 5.74) is 5.79. The van der Waals surface area contributed by atoms with Crippen LogP contribution in [0.3, 0.4) is 0 Å². The van der Waals surface area contributed by atoms with E-state index in [1.165, 1.54) is 19.8 Å². The van der Waals surface area contributed by atoms with Crippen LogP contribution in [0.4, 0.5) is 14.9 Å². The van der Waals surface area contributed by atoms with Gasteiger partial charge in [-0.25, -0.2) is 14.1 Å². The quantitative estimate of drug-likeness (QED) is 0.831. The van der Waals surface area contributed by atoms with Crippen molar-refractivity contribution in [3.63, 3.8) is 0 Å². The van der Waals surface area contributed by atoms with Gasteiger partial charge in [-0.3, -0.25) is 4.79 Å². The Morgan fingerprint density at radius 1 is 1.48 bits per heavy atom. The number of hydrogen-bond acceptors (Lipinski definition) is 3. The molecule has 0 aromatic heterocycles. The summed E-state index contributed by atoms with van der Waals surface area (Å²) in [7, 11) is 0.715. The van der Waals surface area contributed by atoms with Crippen molar-refractivity contribution in [1.29, 1.82) is 0 Å². The predicted octanol–water partition coefficient (Wildman–Crippen LogP) is 2.91. The third-order valence-electron chi connectivity index (χ3n) is 3.32. The molecule has 2 aliphatic heterocycles. The van der Waals surface area contributed by atoms with Crippen LogP contribution in [-0.4, -0.2) is 23.9 Å². The first-order chi connectivity index (χ1) is 11.0. The molecule has 8 heteroatoms. The highest BCUT2D eigenvalue weighted by atomic mass is 35.5. The number of primary amides is 1. The van der Waals surface area contributed by atoms with Crippen LogP contribution >= 0.6 is 22.1 Å². The average molecular weight is 354 g/mol. The topological polar surface area (TPSA) is 72.6 Å². The lowest BCUT2D eigenvalue weighted by Crippen LogP contribution is -2.39. The minimum absolute atomic E-state index is 0.187. The fourth-order valence-electron chi connectivity index (χ4n) is 2.42. The predicted molar refractivity (Wildman–Crippen MR) is 88.7 cm³/mol. The van der Waals surface area contributed by atoms with E-state index in [0.29, 0.717) is 5.56 Å². The molecule has 0 aliphatic carbocycles. The van der Waals surface area contributed by atoms with Crippen molar-refractivity contribution in [3.05, 3.63) is 57.6 Å². The molecule has 2 aliphatic rings. The maximum absolute atomic E-state index is 13.9. The van der Waals surface area contributed by atoms with E-state index in [4.69, 9.17) is 22.1 Å². The van der Waals surface area contributed by atoms with Crippen LogP contribution in [0.5, 0.6) is 0 Å². The van der Waals surface area contributed by atoms with Gasteiger partial charge in [0.2, 0.25) is 0 Å². The number of anilines is 1. The number of allylic oxidation sites excluding steroid dienone is 2.